The van der Waals surface area contributed by atoms with Crippen molar-refractivity contribution in [3.63, 3.8) is 0 Å². The first-order valence-electron chi connectivity index (χ1n) is 6.87. The minimum Gasteiger partial charge on any atom is -0.484 e. The molecule has 0 aliphatic heterocycles. The van der Waals surface area contributed by atoms with Gasteiger partial charge in [0.25, 0.3) is 0 Å². The Hall–Kier alpha value is -2.32. The SMILES string of the molecule is FC(F)(F)c1cccc(-n2nnnc2COc2ccc(Cl)cc2Cl)c1. The minimum absolute atomic E-state index is 0.0927. The Labute approximate surface area is 149 Å². The predicted octanol–water partition coefficient (Wildman–Crippen LogP) is 4.57. The van der Waals surface area contributed by atoms with Gasteiger partial charge in [-0.15, -0.1) is 5.10 Å². The van der Waals surface area contributed by atoms with Crippen LogP contribution in [0.4, 0.5) is 13.2 Å². The monoisotopic (exact) mass is 388 g/mol. The summed E-state index contributed by atoms with van der Waals surface area (Å²) in [5.41, 5.74) is -0.631. The van der Waals surface area contributed by atoms with Gasteiger partial charge in [-0.05, 0) is 46.8 Å². The number of tetrazole rings is 1. The summed E-state index contributed by atoms with van der Waals surface area (Å²) in [5.74, 6) is 0.565. The summed E-state index contributed by atoms with van der Waals surface area (Å²) in [6.45, 7) is -0.0927. The number of ether oxygens (including phenoxy) is 1. The first kappa shape index (κ1) is 17.5. The number of hydrogen-bond donors (Lipinski definition) is 0. The van der Waals surface area contributed by atoms with Crippen LogP contribution in [-0.4, -0.2) is 20.2 Å². The molecule has 2 aromatic carbocycles. The van der Waals surface area contributed by atoms with Crippen LogP contribution in [-0.2, 0) is 12.8 Å². The van der Waals surface area contributed by atoms with Crippen molar-refractivity contribution in [2.24, 2.45) is 0 Å². The van der Waals surface area contributed by atoms with E-state index < -0.39 is 11.7 Å². The molecule has 1 aromatic heterocycles. The van der Waals surface area contributed by atoms with E-state index >= 15 is 0 Å². The first-order valence-corrected chi connectivity index (χ1v) is 7.63. The van der Waals surface area contributed by atoms with E-state index in [1.165, 1.54) is 22.9 Å². The second kappa shape index (κ2) is 6.89. The third-order valence-electron chi connectivity index (χ3n) is 3.20. The van der Waals surface area contributed by atoms with Crippen molar-refractivity contribution in [3.05, 3.63) is 63.9 Å². The van der Waals surface area contributed by atoms with Crippen molar-refractivity contribution in [3.8, 4) is 11.4 Å². The minimum atomic E-state index is -4.46. The summed E-state index contributed by atoms with van der Waals surface area (Å²) >= 11 is 11.8. The molecule has 0 bridgehead atoms. The van der Waals surface area contributed by atoms with Crippen molar-refractivity contribution >= 4 is 23.2 Å². The first-order chi connectivity index (χ1) is 11.8. The lowest BCUT2D eigenvalue weighted by Gasteiger charge is -2.10. The van der Waals surface area contributed by atoms with Gasteiger partial charge in [0, 0.05) is 5.02 Å². The van der Waals surface area contributed by atoms with Crippen LogP contribution in [0.1, 0.15) is 11.4 Å². The highest BCUT2D eigenvalue weighted by atomic mass is 35.5. The molecule has 0 aliphatic rings. The summed E-state index contributed by atoms with van der Waals surface area (Å²) in [5, 5.41) is 11.7. The Morgan fingerprint density at radius 2 is 1.88 bits per heavy atom. The smallest absolute Gasteiger partial charge is 0.416 e. The Balaban J connectivity index is 1.84. The molecule has 0 aliphatic carbocycles. The van der Waals surface area contributed by atoms with Crippen LogP contribution >= 0.6 is 23.2 Å². The summed E-state index contributed by atoms with van der Waals surface area (Å²) in [7, 11) is 0. The molecule has 0 saturated heterocycles. The van der Waals surface area contributed by atoms with Gasteiger partial charge in [0.05, 0.1) is 16.3 Å². The van der Waals surface area contributed by atoms with Crippen LogP contribution in [0, 0.1) is 0 Å². The van der Waals surface area contributed by atoms with Crippen LogP contribution in [0.5, 0.6) is 5.75 Å². The average Bonchev–Trinajstić information content (AvgIpc) is 3.02. The lowest BCUT2D eigenvalue weighted by Crippen LogP contribution is -2.10. The maximum absolute atomic E-state index is 12.8. The van der Waals surface area contributed by atoms with E-state index in [1.54, 1.807) is 12.1 Å². The van der Waals surface area contributed by atoms with E-state index in [2.05, 4.69) is 15.5 Å². The van der Waals surface area contributed by atoms with Crippen LogP contribution < -0.4 is 4.74 Å². The summed E-state index contributed by atoms with van der Waals surface area (Å²) in [6.07, 6.45) is -4.46. The number of aromatic nitrogens is 4. The van der Waals surface area contributed by atoms with Crippen molar-refractivity contribution in [1.82, 2.24) is 20.2 Å². The van der Waals surface area contributed by atoms with Crippen LogP contribution in [0.15, 0.2) is 42.5 Å². The predicted molar refractivity (Wildman–Crippen MR) is 85.0 cm³/mol. The van der Waals surface area contributed by atoms with Gasteiger partial charge in [0.2, 0.25) is 0 Å². The zero-order valence-corrected chi connectivity index (χ0v) is 13.8. The Morgan fingerprint density at radius 1 is 1.08 bits per heavy atom. The molecule has 0 fully saturated rings. The van der Waals surface area contributed by atoms with Gasteiger partial charge in [-0.25, -0.2) is 0 Å². The Morgan fingerprint density at radius 3 is 2.60 bits per heavy atom. The fourth-order valence-corrected chi connectivity index (χ4v) is 2.51. The zero-order valence-electron chi connectivity index (χ0n) is 12.3. The standard InChI is InChI=1S/C15H9Cl2F3N4O/c16-10-4-5-13(12(17)7-10)25-8-14-21-22-23-24(14)11-3-1-2-9(6-11)15(18,19)20/h1-7H,8H2. The van der Waals surface area contributed by atoms with E-state index in [9.17, 15) is 13.2 Å². The number of nitrogens with zero attached hydrogens (tertiary/aromatic N) is 4. The van der Waals surface area contributed by atoms with Gasteiger partial charge in [-0.2, -0.15) is 17.9 Å². The number of benzene rings is 2. The largest absolute Gasteiger partial charge is 0.484 e. The van der Waals surface area contributed by atoms with Gasteiger partial charge >= 0.3 is 6.18 Å². The molecule has 0 unspecified atom stereocenters. The summed E-state index contributed by atoms with van der Waals surface area (Å²) in [4.78, 5) is 0. The van der Waals surface area contributed by atoms with E-state index in [1.807, 2.05) is 0 Å². The van der Waals surface area contributed by atoms with Crippen LogP contribution in [0.2, 0.25) is 10.0 Å². The number of rotatable bonds is 4. The summed E-state index contributed by atoms with van der Waals surface area (Å²) < 4.78 is 45.2. The topological polar surface area (TPSA) is 52.8 Å². The van der Waals surface area contributed by atoms with E-state index in [-0.39, 0.29) is 18.1 Å². The number of alkyl halides is 3. The molecule has 0 spiro atoms. The van der Waals surface area contributed by atoms with Crippen LogP contribution in [0.3, 0.4) is 0 Å². The zero-order chi connectivity index (χ0) is 18.0. The van der Waals surface area contributed by atoms with Gasteiger partial charge in [0.1, 0.15) is 12.4 Å². The van der Waals surface area contributed by atoms with Crippen molar-refractivity contribution < 1.29 is 17.9 Å². The second-order valence-electron chi connectivity index (χ2n) is 4.92. The highest BCUT2D eigenvalue weighted by molar-refractivity contribution is 6.35. The molecular weight excluding hydrogens is 380 g/mol. The van der Waals surface area contributed by atoms with Gasteiger partial charge in [-0.3, -0.25) is 0 Å². The maximum Gasteiger partial charge on any atom is 0.416 e. The Kier molecular flexibility index (Phi) is 4.82. The molecule has 0 radical (unpaired) electrons. The van der Waals surface area contributed by atoms with Gasteiger partial charge in [0.15, 0.2) is 5.82 Å². The van der Waals surface area contributed by atoms with E-state index in [0.29, 0.717) is 15.8 Å². The van der Waals surface area contributed by atoms with E-state index in [4.69, 9.17) is 27.9 Å². The second-order valence-corrected chi connectivity index (χ2v) is 5.76. The molecule has 10 heteroatoms. The van der Waals surface area contributed by atoms with Crippen LogP contribution in [0.25, 0.3) is 5.69 Å². The highest BCUT2D eigenvalue weighted by Crippen LogP contribution is 2.31. The van der Waals surface area contributed by atoms with Crippen molar-refractivity contribution in [1.29, 1.82) is 0 Å². The number of halogens is 5. The quantitative estimate of drug-likeness (QED) is 0.656. The lowest BCUT2D eigenvalue weighted by atomic mass is 10.2. The molecule has 3 rings (SSSR count). The molecule has 0 saturated carbocycles. The molecule has 5 nitrogen and oxygen atoms in total. The molecule has 25 heavy (non-hydrogen) atoms. The van der Waals surface area contributed by atoms with Crippen molar-refractivity contribution in [2.75, 3.05) is 0 Å². The highest BCUT2D eigenvalue weighted by Gasteiger charge is 2.30. The Bertz CT molecular complexity index is 898. The lowest BCUT2D eigenvalue weighted by molar-refractivity contribution is -0.137. The molecular formula is C15H9Cl2F3N4O. The van der Waals surface area contributed by atoms with E-state index in [0.717, 1.165) is 12.1 Å². The fourth-order valence-electron chi connectivity index (χ4n) is 2.04. The molecule has 0 N–H and O–H groups in total. The molecule has 130 valence electrons. The fraction of sp³-hybridized carbons (Fsp3) is 0.133. The molecule has 0 amide bonds. The molecule has 1 heterocycles. The normalized spacial score (nSPS) is 11.6. The van der Waals surface area contributed by atoms with Crippen molar-refractivity contribution in [2.45, 2.75) is 12.8 Å². The average molecular weight is 389 g/mol. The number of hydrogen-bond acceptors (Lipinski definition) is 4. The molecule has 0 atom stereocenters. The van der Waals surface area contributed by atoms with Gasteiger partial charge in [-0.1, -0.05) is 29.3 Å². The third kappa shape index (κ3) is 4.02. The molecule has 3 aromatic rings. The maximum atomic E-state index is 12.8. The third-order valence-corrected chi connectivity index (χ3v) is 3.73. The summed E-state index contributed by atoms with van der Waals surface area (Å²) in [6, 6.07) is 9.34. The van der Waals surface area contributed by atoms with Gasteiger partial charge < -0.3 is 4.74 Å².